The maximum absolute atomic E-state index is 5.53. The Morgan fingerprint density at radius 3 is 2.57 bits per heavy atom. The fraction of sp³-hybridized carbons (Fsp3) is 0.263. The number of hydrogen-bond donors (Lipinski definition) is 0. The predicted molar refractivity (Wildman–Crippen MR) is 86.0 cm³/mol. The smallest absolute Gasteiger partial charge is 0.128 e. The molecule has 0 atom stereocenters. The van der Waals surface area contributed by atoms with Crippen molar-refractivity contribution in [3.05, 3.63) is 65.9 Å². The molecule has 21 heavy (non-hydrogen) atoms. The Balaban J connectivity index is 1.87. The Labute approximate surface area is 125 Å². The van der Waals surface area contributed by atoms with Gasteiger partial charge in [0.25, 0.3) is 0 Å². The van der Waals surface area contributed by atoms with Crippen LogP contribution in [-0.4, -0.2) is 11.7 Å². The quantitative estimate of drug-likeness (QED) is 0.681. The standard InChI is InChI=1S/C19H19NO/c1-21-19-9-5-8-17-16(19)12-18(15-10-11-15)20(17)13-14-6-3-2-4-7-14/h2-9,12,15H,10-11,13H2,1H3. The van der Waals surface area contributed by atoms with E-state index in [1.807, 2.05) is 6.07 Å². The van der Waals surface area contributed by atoms with E-state index in [4.69, 9.17) is 4.74 Å². The SMILES string of the molecule is COc1cccc2c1cc(C1CC1)n2Cc1ccccc1. The van der Waals surface area contributed by atoms with Crippen molar-refractivity contribution in [2.75, 3.05) is 7.11 Å². The second kappa shape index (κ2) is 4.96. The van der Waals surface area contributed by atoms with Gasteiger partial charge in [0.15, 0.2) is 0 Å². The number of fused-ring (bicyclic) bond motifs is 1. The van der Waals surface area contributed by atoms with Crippen LogP contribution in [0.25, 0.3) is 10.9 Å². The maximum Gasteiger partial charge on any atom is 0.128 e. The molecule has 0 aliphatic heterocycles. The third-order valence-corrected chi connectivity index (χ3v) is 4.34. The molecule has 0 N–H and O–H groups in total. The van der Waals surface area contributed by atoms with Gasteiger partial charge >= 0.3 is 0 Å². The molecule has 0 saturated heterocycles. The summed E-state index contributed by atoms with van der Waals surface area (Å²) in [4.78, 5) is 0. The van der Waals surface area contributed by atoms with Gasteiger partial charge in [-0.15, -0.1) is 0 Å². The van der Waals surface area contributed by atoms with Crippen LogP contribution >= 0.6 is 0 Å². The summed E-state index contributed by atoms with van der Waals surface area (Å²) >= 11 is 0. The lowest BCUT2D eigenvalue weighted by atomic mass is 10.2. The summed E-state index contributed by atoms with van der Waals surface area (Å²) in [6, 6.07) is 19.3. The number of rotatable bonds is 4. The second-order valence-electron chi connectivity index (χ2n) is 5.81. The Morgan fingerprint density at radius 1 is 1.05 bits per heavy atom. The first kappa shape index (κ1) is 12.5. The molecule has 0 unspecified atom stereocenters. The van der Waals surface area contributed by atoms with Crippen LogP contribution in [0.2, 0.25) is 0 Å². The first-order valence-electron chi connectivity index (χ1n) is 7.57. The molecule has 0 spiro atoms. The van der Waals surface area contributed by atoms with Gasteiger partial charge in [-0.05, 0) is 42.5 Å². The van der Waals surface area contributed by atoms with Crippen molar-refractivity contribution in [2.45, 2.75) is 25.3 Å². The molecule has 1 fully saturated rings. The summed E-state index contributed by atoms with van der Waals surface area (Å²) in [5.74, 6) is 1.70. The van der Waals surface area contributed by atoms with Crippen LogP contribution in [0.3, 0.4) is 0 Å². The molecule has 1 aliphatic carbocycles. The van der Waals surface area contributed by atoms with Gasteiger partial charge < -0.3 is 9.30 Å². The van der Waals surface area contributed by atoms with Crippen LogP contribution in [0.1, 0.15) is 30.0 Å². The maximum atomic E-state index is 5.53. The van der Waals surface area contributed by atoms with Gasteiger partial charge in [-0.2, -0.15) is 0 Å². The van der Waals surface area contributed by atoms with Crippen LogP contribution in [0.4, 0.5) is 0 Å². The number of nitrogens with zero attached hydrogens (tertiary/aromatic N) is 1. The molecular weight excluding hydrogens is 258 g/mol. The summed E-state index contributed by atoms with van der Waals surface area (Å²) in [5, 5.41) is 1.23. The van der Waals surface area contributed by atoms with E-state index in [2.05, 4.69) is 53.1 Å². The average Bonchev–Trinajstić information content (AvgIpc) is 3.31. The summed E-state index contributed by atoms with van der Waals surface area (Å²) in [6.45, 7) is 0.934. The molecule has 4 rings (SSSR count). The van der Waals surface area contributed by atoms with Gasteiger partial charge in [0.1, 0.15) is 5.75 Å². The van der Waals surface area contributed by atoms with E-state index in [9.17, 15) is 0 Å². The normalized spacial score (nSPS) is 14.5. The van der Waals surface area contributed by atoms with Crippen molar-refractivity contribution >= 4 is 10.9 Å². The number of hydrogen-bond acceptors (Lipinski definition) is 1. The number of ether oxygens (including phenoxy) is 1. The van der Waals surface area contributed by atoms with E-state index >= 15 is 0 Å². The number of benzene rings is 2. The molecule has 0 bridgehead atoms. The van der Waals surface area contributed by atoms with Crippen molar-refractivity contribution in [1.82, 2.24) is 4.57 Å². The Hall–Kier alpha value is -2.22. The molecule has 3 aromatic rings. The molecule has 1 aliphatic rings. The summed E-state index contributed by atoms with van der Waals surface area (Å²) in [6.07, 6.45) is 2.63. The minimum atomic E-state index is 0.728. The molecule has 2 heteroatoms. The molecule has 2 nitrogen and oxygen atoms in total. The van der Waals surface area contributed by atoms with E-state index in [0.717, 1.165) is 18.2 Å². The monoisotopic (exact) mass is 277 g/mol. The van der Waals surface area contributed by atoms with Crippen molar-refractivity contribution in [1.29, 1.82) is 0 Å². The van der Waals surface area contributed by atoms with Gasteiger partial charge in [-0.25, -0.2) is 0 Å². The van der Waals surface area contributed by atoms with E-state index in [-0.39, 0.29) is 0 Å². The molecular formula is C19H19NO. The molecule has 0 amide bonds. The summed E-state index contributed by atoms with van der Waals surface area (Å²) in [7, 11) is 1.75. The van der Waals surface area contributed by atoms with E-state index in [1.165, 1.54) is 35.0 Å². The lowest BCUT2D eigenvalue weighted by Gasteiger charge is -2.11. The highest BCUT2D eigenvalue weighted by Gasteiger charge is 2.28. The lowest BCUT2D eigenvalue weighted by Crippen LogP contribution is -2.03. The van der Waals surface area contributed by atoms with Crippen molar-refractivity contribution in [3.63, 3.8) is 0 Å². The third-order valence-electron chi connectivity index (χ3n) is 4.34. The molecule has 1 aromatic heterocycles. The zero-order valence-electron chi connectivity index (χ0n) is 12.3. The summed E-state index contributed by atoms with van der Waals surface area (Å²) < 4.78 is 8.00. The zero-order chi connectivity index (χ0) is 14.2. The lowest BCUT2D eigenvalue weighted by molar-refractivity contribution is 0.420. The van der Waals surface area contributed by atoms with E-state index < -0.39 is 0 Å². The van der Waals surface area contributed by atoms with Gasteiger partial charge in [0.2, 0.25) is 0 Å². The minimum absolute atomic E-state index is 0.728. The van der Waals surface area contributed by atoms with Crippen molar-refractivity contribution < 1.29 is 4.74 Å². The van der Waals surface area contributed by atoms with Crippen LogP contribution < -0.4 is 4.74 Å². The first-order chi connectivity index (χ1) is 10.4. The Bertz CT molecular complexity index is 769. The zero-order valence-corrected chi connectivity index (χ0v) is 12.3. The highest BCUT2D eigenvalue weighted by molar-refractivity contribution is 5.88. The molecule has 0 radical (unpaired) electrons. The molecule has 106 valence electrons. The second-order valence-corrected chi connectivity index (χ2v) is 5.81. The Kier molecular flexibility index (Phi) is 2.95. The minimum Gasteiger partial charge on any atom is -0.496 e. The van der Waals surface area contributed by atoms with Gasteiger partial charge in [0.05, 0.1) is 12.6 Å². The largest absolute Gasteiger partial charge is 0.496 e. The van der Waals surface area contributed by atoms with E-state index in [1.54, 1.807) is 7.11 Å². The van der Waals surface area contributed by atoms with E-state index in [0.29, 0.717) is 0 Å². The Morgan fingerprint density at radius 2 is 1.86 bits per heavy atom. The molecule has 2 aromatic carbocycles. The summed E-state index contributed by atoms with van der Waals surface area (Å²) in [5.41, 5.74) is 4.08. The fourth-order valence-electron chi connectivity index (χ4n) is 3.12. The molecule has 1 saturated carbocycles. The fourth-order valence-corrected chi connectivity index (χ4v) is 3.12. The van der Waals surface area contributed by atoms with Gasteiger partial charge in [-0.3, -0.25) is 0 Å². The number of methoxy groups -OCH3 is 1. The van der Waals surface area contributed by atoms with Crippen LogP contribution in [0.5, 0.6) is 5.75 Å². The van der Waals surface area contributed by atoms with Gasteiger partial charge in [-0.1, -0.05) is 36.4 Å². The molecule has 1 heterocycles. The van der Waals surface area contributed by atoms with Crippen molar-refractivity contribution in [3.8, 4) is 5.75 Å². The highest BCUT2D eigenvalue weighted by Crippen LogP contribution is 2.43. The van der Waals surface area contributed by atoms with Crippen LogP contribution in [-0.2, 0) is 6.54 Å². The first-order valence-corrected chi connectivity index (χ1v) is 7.57. The van der Waals surface area contributed by atoms with Gasteiger partial charge in [0, 0.05) is 17.6 Å². The number of aromatic nitrogens is 1. The highest BCUT2D eigenvalue weighted by atomic mass is 16.5. The van der Waals surface area contributed by atoms with Crippen LogP contribution in [0.15, 0.2) is 54.6 Å². The third kappa shape index (κ3) is 2.21. The van der Waals surface area contributed by atoms with Crippen molar-refractivity contribution in [2.24, 2.45) is 0 Å². The topological polar surface area (TPSA) is 14.2 Å². The van der Waals surface area contributed by atoms with Crippen LogP contribution in [0, 0.1) is 0 Å². The average molecular weight is 277 g/mol. The predicted octanol–water partition coefficient (Wildman–Crippen LogP) is 4.58.